The van der Waals surface area contributed by atoms with E-state index in [1.165, 1.54) is 7.11 Å². The maximum atomic E-state index is 13.8. The van der Waals surface area contributed by atoms with Crippen molar-refractivity contribution >= 4 is 5.82 Å². The predicted molar refractivity (Wildman–Crippen MR) is 69.3 cm³/mol. The molecule has 0 aliphatic heterocycles. The van der Waals surface area contributed by atoms with Crippen molar-refractivity contribution in [2.24, 2.45) is 5.73 Å². The second-order valence-corrected chi connectivity index (χ2v) is 4.74. The van der Waals surface area contributed by atoms with Gasteiger partial charge < -0.3 is 15.8 Å². The number of aromatic nitrogens is 1. The fourth-order valence-corrected chi connectivity index (χ4v) is 2.27. The second-order valence-electron chi connectivity index (χ2n) is 4.74. The highest BCUT2D eigenvalue weighted by molar-refractivity contribution is 5.48. The Morgan fingerprint density at radius 3 is 2.74 bits per heavy atom. The second kappa shape index (κ2) is 5.85. The van der Waals surface area contributed by atoms with Crippen molar-refractivity contribution in [1.82, 2.24) is 4.98 Å². The molecule has 0 atom stereocenters. The SMILES string of the molecule is COc1nc(N[C@H]2CC[C@H](N)CC2)c(F)cc1C#N. The normalized spacial score (nSPS) is 22.6. The van der Waals surface area contributed by atoms with Crippen molar-refractivity contribution in [3.8, 4) is 11.9 Å². The minimum absolute atomic E-state index is 0.0937. The molecule has 1 aliphatic rings. The largest absolute Gasteiger partial charge is 0.480 e. The van der Waals surface area contributed by atoms with Gasteiger partial charge in [-0.1, -0.05) is 0 Å². The van der Waals surface area contributed by atoms with E-state index in [-0.39, 0.29) is 29.3 Å². The number of anilines is 1. The van der Waals surface area contributed by atoms with Gasteiger partial charge in [-0.05, 0) is 25.7 Å². The monoisotopic (exact) mass is 264 g/mol. The molecule has 3 N–H and O–H groups in total. The Hall–Kier alpha value is -1.87. The number of methoxy groups -OCH3 is 1. The predicted octanol–water partition coefficient (Wildman–Crippen LogP) is 1.78. The van der Waals surface area contributed by atoms with Crippen LogP contribution in [-0.2, 0) is 0 Å². The van der Waals surface area contributed by atoms with Crippen LogP contribution in [0.3, 0.4) is 0 Å². The van der Waals surface area contributed by atoms with Crippen LogP contribution >= 0.6 is 0 Å². The fourth-order valence-electron chi connectivity index (χ4n) is 2.27. The molecular formula is C13H17FN4O. The molecule has 19 heavy (non-hydrogen) atoms. The third kappa shape index (κ3) is 3.12. The van der Waals surface area contributed by atoms with E-state index in [4.69, 9.17) is 15.7 Å². The molecule has 0 unspecified atom stereocenters. The van der Waals surface area contributed by atoms with Crippen molar-refractivity contribution in [1.29, 1.82) is 5.26 Å². The molecule has 1 aromatic heterocycles. The van der Waals surface area contributed by atoms with E-state index >= 15 is 0 Å². The molecule has 0 amide bonds. The molecule has 2 rings (SSSR count). The third-order valence-electron chi connectivity index (χ3n) is 3.37. The van der Waals surface area contributed by atoms with Crippen molar-refractivity contribution in [3.63, 3.8) is 0 Å². The number of nitrogens with one attached hydrogen (secondary N) is 1. The Balaban J connectivity index is 2.14. The zero-order valence-electron chi connectivity index (χ0n) is 10.8. The lowest BCUT2D eigenvalue weighted by atomic mass is 9.92. The highest BCUT2D eigenvalue weighted by Crippen LogP contribution is 2.25. The molecule has 1 aromatic rings. The molecule has 0 bridgehead atoms. The summed E-state index contributed by atoms with van der Waals surface area (Å²) in [5.74, 6) is -0.262. The molecule has 1 heterocycles. The maximum Gasteiger partial charge on any atom is 0.233 e. The summed E-state index contributed by atoms with van der Waals surface area (Å²) in [6.45, 7) is 0. The number of hydrogen-bond acceptors (Lipinski definition) is 5. The van der Waals surface area contributed by atoms with Crippen LogP contribution in [-0.4, -0.2) is 24.2 Å². The summed E-state index contributed by atoms with van der Waals surface area (Å²) in [6, 6.07) is 3.40. The Kier molecular flexibility index (Phi) is 4.17. The molecule has 6 heteroatoms. The van der Waals surface area contributed by atoms with Crippen molar-refractivity contribution in [2.45, 2.75) is 37.8 Å². The summed E-state index contributed by atoms with van der Waals surface area (Å²) in [6.07, 6.45) is 3.63. The van der Waals surface area contributed by atoms with Gasteiger partial charge >= 0.3 is 0 Å². The van der Waals surface area contributed by atoms with Crippen LogP contribution in [0.1, 0.15) is 31.2 Å². The molecule has 5 nitrogen and oxygen atoms in total. The minimum atomic E-state index is -0.535. The lowest BCUT2D eigenvalue weighted by Crippen LogP contribution is -2.33. The van der Waals surface area contributed by atoms with Crippen LogP contribution in [0.5, 0.6) is 5.88 Å². The van der Waals surface area contributed by atoms with E-state index in [1.54, 1.807) is 0 Å². The highest BCUT2D eigenvalue weighted by Gasteiger charge is 2.21. The molecule has 102 valence electrons. The van der Waals surface area contributed by atoms with Crippen LogP contribution in [0.2, 0.25) is 0 Å². The smallest absolute Gasteiger partial charge is 0.233 e. The van der Waals surface area contributed by atoms with Gasteiger partial charge in [-0.15, -0.1) is 0 Å². The van der Waals surface area contributed by atoms with Crippen LogP contribution < -0.4 is 15.8 Å². The first kappa shape index (κ1) is 13.6. The number of pyridine rings is 1. The highest BCUT2D eigenvalue weighted by atomic mass is 19.1. The number of halogens is 1. The summed E-state index contributed by atoms with van der Waals surface area (Å²) in [5.41, 5.74) is 5.92. The molecule has 0 aromatic carbocycles. The quantitative estimate of drug-likeness (QED) is 0.869. The van der Waals surface area contributed by atoms with Gasteiger partial charge in [-0.2, -0.15) is 10.2 Å². The first-order valence-corrected chi connectivity index (χ1v) is 6.30. The number of hydrogen-bond donors (Lipinski definition) is 2. The number of nitrogens with two attached hydrogens (primary N) is 1. The van der Waals surface area contributed by atoms with Gasteiger partial charge in [0.2, 0.25) is 5.88 Å². The van der Waals surface area contributed by atoms with Gasteiger partial charge in [0.15, 0.2) is 11.6 Å². The van der Waals surface area contributed by atoms with Gasteiger partial charge in [-0.25, -0.2) is 4.39 Å². The third-order valence-corrected chi connectivity index (χ3v) is 3.37. The Bertz CT molecular complexity index is 492. The van der Waals surface area contributed by atoms with Gasteiger partial charge in [-0.3, -0.25) is 0 Å². The van der Waals surface area contributed by atoms with E-state index in [9.17, 15) is 4.39 Å². The minimum Gasteiger partial charge on any atom is -0.480 e. The maximum absolute atomic E-state index is 13.8. The molecule has 0 radical (unpaired) electrons. The van der Waals surface area contributed by atoms with Gasteiger partial charge in [0.05, 0.1) is 7.11 Å². The van der Waals surface area contributed by atoms with E-state index in [2.05, 4.69) is 10.3 Å². The first-order chi connectivity index (χ1) is 9.13. The van der Waals surface area contributed by atoms with Gasteiger partial charge in [0.25, 0.3) is 0 Å². The van der Waals surface area contributed by atoms with Crippen LogP contribution in [0, 0.1) is 17.1 Å². The van der Waals surface area contributed by atoms with E-state index in [0.717, 1.165) is 31.7 Å². The number of nitrogens with zero attached hydrogens (tertiary/aromatic N) is 2. The standard InChI is InChI=1S/C13H17FN4O/c1-19-13-8(7-15)6-11(14)12(18-13)17-10-4-2-9(16)3-5-10/h6,9-10H,2-5,16H2,1H3,(H,17,18)/t9-,10-. The topological polar surface area (TPSA) is 84.0 Å². The van der Waals surface area contributed by atoms with E-state index in [0.29, 0.717) is 0 Å². The lowest BCUT2D eigenvalue weighted by Gasteiger charge is -2.27. The number of rotatable bonds is 3. The fraction of sp³-hybridized carbons (Fsp3) is 0.538. The average Bonchev–Trinajstić information content (AvgIpc) is 2.43. The number of nitriles is 1. The summed E-state index contributed by atoms with van der Waals surface area (Å²) in [4.78, 5) is 4.01. The summed E-state index contributed by atoms with van der Waals surface area (Å²) in [5, 5.41) is 11.9. The van der Waals surface area contributed by atoms with Crippen LogP contribution in [0.4, 0.5) is 10.2 Å². The van der Waals surface area contributed by atoms with Crippen LogP contribution in [0.25, 0.3) is 0 Å². The molecule has 0 saturated heterocycles. The van der Waals surface area contributed by atoms with Crippen molar-refractivity contribution in [3.05, 3.63) is 17.4 Å². The summed E-state index contributed by atoms with van der Waals surface area (Å²) >= 11 is 0. The van der Waals surface area contributed by atoms with Crippen molar-refractivity contribution in [2.75, 3.05) is 12.4 Å². The Morgan fingerprint density at radius 1 is 1.47 bits per heavy atom. The van der Waals surface area contributed by atoms with Crippen LogP contribution in [0.15, 0.2) is 6.07 Å². The number of ether oxygens (including phenoxy) is 1. The summed E-state index contributed by atoms with van der Waals surface area (Å²) in [7, 11) is 1.41. The van der Waals surface area contributed by atoms with E-state index < -0.39 is 5.82 Å². The van der Waals surface area contributed by atoms with E-state index in [1.807, 2.05) is 6.07 Å². The zero-order chi connectivity index (χ0) is 13.8. The van der Waals surface area contributed by atoms with Crippen molar-refractivity contribution < 1.29 is 9.13 Å². The molecule has 1 aliphatic carbocycles. The molecule has 0 spiro atoms. The molecule has 1 saturated carbocycles. The molecule has 1 fully saturated rings. The lowest BCUT2D eigenvalue weighted by molar-refractivity contribution is 0.391. The average molecular weight is 264 g/mol. The zero-order valence-corrected chi connectivity index (χ0v) is 10.8. The molecular weight excluding hydrogens is 247 g/mol. The van der Waals surface area contributed by atoms with Gasteiger partial charge in [0, 0.05) is 18.2 Å². The first-order valence-electron chi connectivity index (χ1n) is 6.30. The Labute approximate surface area is 111 Å². The van der Waals surface area contributed by atoms with Gasteiger partial charge in [0.1, 0.15) is 11.6 Å². The Morgan fingerprint density at radius 2 is 2.16 bits per heavy atom. The summed E-state index contributed by atoms with van der Waals surface area (Å²) < 4.78 is 18.8.